The van der Waals surface area contributed by atoms with Crippen molar-refractivity contribution in [3.8, 4) is 17.2 Å². The molecule has 3 nitrogen and oxygen atoms in total. The summed E-state index contributed by atoms with van der Waals surface area (Å²) in [5.41, 5.74) is 0. The van der Waals surface area contributed by atoms with Gasteiger partial charge in [0.15, 0.2) is 11.5 Å². The van der Waals surface area contributed by atoms with Crippen molar-refractivity contribution in [3.05, 3.63) is 63.6 Å². The lowest BCUT2D eigenvalue weighted by Crippen LogP contribution is -2.08. The van der Waals surface area contributed by atoms with Gasteiger partial charge in [0.05, 0.1) is 5.02 Å². The summed E-state index contributed by atoms with van der Waals surface area (Å²) < 4.78 is 11.4. The number of benzene rings is 2. The van der Waals surface area contributed by atoms with Crippen molar-refractivity contribution < 1.29 is 14.3 Å². The molecule has 0 fully saturated rings. The van der Waals surface area contributed by atoms with Crippen LogP contribution in [0.25, 0.3) is 0 Å². The molecule has 198 valence electrons. The predicted molar refractivity (Wildman–Crippen MR) is 153 cm³/mol. The third kappa shape index (κ3) is 13.0. The number of carbonyl (C=O) groups is 1. The SMILES string of the molecule is CCCCCCCC/C=C/CCCCCCCC(=O)Oc1cc(Cl)ccc1Oc1ccc(Cl)cc1Cl. The van der Waals surface area contributed by atoms with Crippen LogP contribution in [0, 0.1) is 0 Å². The Kier molecular flexibility index (Phi) is 15.7. The second kappa shape index (κ2) is 18.5. The number of esters is 1. The summed E-state index contributed by atoms with van der Waals surface area (Å²) in [7, 11) is 0. The van der Waals surface area contributed by atoms with E-state index in [4.69, 9.17) is 44.3 Å². The maximum Gasteiger partial charge on any atom is 0.311 e. The highest BCUT2D eigenvalue weighted by Crippen LogP contribution is 2.37. The Hall–Kier alpha value is -1.68. The lowest BCUT2D eigenvalue weighted by Gasteiger charge is -2.13. The predicted octanol–water partition coefficient (Wildman–Crippen LogP) is 11.4. The number of ether oxygens (including phenoxy) is 2. The monoisotopic (exact) mass is 552 g/mol. The molecule has 0 aromatic heterocycles. The Morgan fingerprint density at radius 3 is 1.89 bits per heavy atom. The van der Waals surface area contributed by atoms with E-state index in [1.165, 1.54) is 57.8 Å². The van der Waals surface area contributed by atoms with Gasteiger partial charge in [-0.2, -0.15) is 0 Å². The molecule has 0 heterocycles. The fourth-order valence-electron chi connectivity index (χ4n) is 3.84. The Morgan fingerprint density at radius 1 is 0.694 bits per heavy atom. The van der Waals surface area contributed by atoms with Crippen LogP contribution >= 0.6 is 34.8 Å². The number of carbonyl (C=O) groups excluding carboxylic acids is 1. The third-order valence-corrected chi connectivity index (χ3v) is 6.65. The van der Waals surface area contributed by atoms with E-state index in [9.17, 15) is 4.79 Å². The fourth-order valence-corrected chi connectivity index (χ4v) is 4.45. The molecule has 6 heteroatoms. The maximum absolute atomic E-state index is 12.4. The Balaban J connectivity index is 1.61. The highest BCUT2D eigenvalue weighted by Gasteiger charge is 2.14. The van der Waals surface area contributed by atoms with Gasteiger partial charge in [-0.05, 0) is 62.4 Å². The van der Waals surface area contributed by atoms with Gasteiger partial charge in [-0.1, -0.05) is 105 Å². The molecule has 0 bridgehead atoms. The first-order chi connectivity index (χ1) is 17.5. The molecule has 0 aliphatic carbocycles. The second-order valence-corrected chi connectivity index (χ2v) is 10.4. The first kappa shape index (κ1) is 30.5. The summed E-state index contributed by atoms with van der Waals surface area (Å²) in [4.78, 5) is 12.4. The van der Waals surface area contributed by atoms with Gasteiger partial charge in [0.2, 0.25) is 0 Å². The first-order valence-corrected chi connectivity index (χ1v) is 14.4. The maximum atomic E-state index is 12.4. The number of hydrogen-bond donors (Lipinski definition) is 0. The van der Waals surface area contributed by atoms with E-state index >= 15 is 0 Å². The van der Waals surface area contributed by atoms with Gasteiger partial charge in [0.25, 0.3) is 0 Å². The molecule has 0 aliphatic rings. The van der Waals surface area contributed by atoms with Crippen LogP contribution in [-0.4, -0.2) is 5.97 Å². The van der Waals surface area contributed by atoms with E-state index < -0.39 is 0 Å². The summed E-state index contributed by atoms with van der Waals surface area (Å²) in [6, 6.07) is 9.82. The molecule has 36 heavy (non-hydrogen) atoms. The molecule has 0 atom stereocenters. The highest BCUT2D eigenvalue weighted by molar-refractivity contribution is 6.35. The van der Waals surface area contributed by atoms with Gasteiger partial charge in [-0.25, -0.2) is 0 Å². The zero-order valence-corrected chi connectivity index (χ0v) is 23.6. The number of unbranched alkanes of at least 4 members (excludes halogenated alkanes) is 11. The minimum Gasteiger partial charge on any atom is -0.452 e. The van der Waals surface area contributed by atoms with Crippen LogP contribution in [0.15, 0.2) is 48.6 Å². The van der Waals surface area contributed by atoms with E-state index in [-0.39, 0.29) is 11.7 Å². The summed E-state index contributed by atoms with van der Waals surface area (Å²) in [6.45, 7) is 2.26. The third-order valence-electron chi connectivity index (χ3n) is 5.89. The van der Waals surface area contributed by atoms with Crippen LogP contribution in [0.2, 0.25) is 15.1 Å². The zero-order chi connectivity index (χ0) is 26.0. The standard InChI is InChI=1S/C30H39Cl3O3/c1-2-3-4-5-6-7-8-9-10-11-12-13-14-15-16-17-30(34)36-29-23-25(32)19-21-28(29)35-27-20-18-24(31)22-26(27)33/h9-10,18-23H,2-8,11-17H2,1H3/b10-9+. The van der Waals surface area contributed by atoms with Crippen molar-refractivity contribution in [2.75, 3.05) is 0 Å². The van der Waals surface area contributed by atoms with Crippen LogP contribution in [0.1, 0.15) is 96.8 Å². The molecule has 0 unspecified atom stereocenters. The van der Waals surface area contributed by atoms with Crippen LogP contribution in [-0.2, 0) is 4.79 Å². The van der Waals surface area contributed by atoms with Crippen molar-refractivity contribution in [1.82, 2.24) is 0 Å². The quantitative estimate of drug-likeness (QED) is 0.0796. The number of rotatable bonds is 18. The molecule has 2 aromatic carbocycles. The van der Waals surface area contributed by atoms with Gasteiger partial charge >= 0.3 is 5.97 Å². The van der Waals surface area contributed by atoms with Gasteiger partial charge < -0.3 is 9.47 Å². The molecule has 0 spiro atoms. The highest BCUT2D eigenvalue weighted by atomic mass is 35.5. The Morgan fingerprint density at radius 2 is 1.25 bits per heavy atom. The minimum absolute atomic E-state index is 0.270. The van der Waals surface area contributed by atoms with Gasteiger partial charge in [-0.15, -0.1) is 0 Å². The van der Waals surface area contributed by atoms with Crippen LogP contribution in [0.4, 0.5) is 0 Å². The fraction of sp³-hybridized carbons (Fsp3) is 0.500. The molecule has 0 radical (unpaired) electrons. The van der Waals surface area contributed by atoms with E-state index in [0.29, 0.717) is 33.0 Å². The van der Waals surface area contributed by atoms with Gasteiger partial charge in [-0.3, -0.25) is 4.79 Å². The van der Waals surface area contributed by atoms with E-state index in [2.05, 4.69) is 19.1 Å². The lowest BCUT2D eigenvalue weighted by atomic mass is 10.1. The summed E-state index contributed by atoms with van der Waals surface area (Å²) >= 11 is 18.3. The molecule has 0 amide bonds. The summed E-state index contributed by atoms with van der Waals surface area (Å²) in [5.74, 6) is 0.743. The first-order valence-electron chi connectivity index (χ1n) is 13.3. The smallest absolute Gasteiger partial charge is 0.311 e. The van der Waals surface area contributed by atoms with Crippen LogP contribution in [0.3, 0.4) is 0 Å². The molecule has 2 aromatic rings. The number of allylic oxidation sites excluding steroid dienone is 2. The molecular formula is C30H39Cl3O3. The molecule has 0 aliphatic heterocycles. The van der Waals surface area contributed by atoms with Gasteiger partial charge in [0, 0.05) is 22.5 Å². The number of hydrogen-bond acceptors (Lipinski definition) is 3. The Bertz CT molecular complexity index is 943. The topological polar surface area (TPSA) is 35.5 Å². The van der Waals surface area contributed by atoms with E-state index in [0.717, 1.165) is 25.7 Å². The van der Waals surface area contributed by atoms with Crippen molar-refractivity contribution in [3.63, 3.8) is 0 Å². The molecule has 0 saturated carbocycles. The number of halogens is 3. The van der Waals surface area contributed by atoms with Crippen LogP contribution < -0.4 is 9.47 Å². The summed E-state index contributed by atoms with van der Waals surface area (Å²) in [6.07, 6.45) is 20.8. The minimum atomic E-state index is -0.304. The van der Waals surface area contributed by atoms with Crippen molar-refractivity contribution in [2.24, 2.45) is 0 Å². The molecule has 0 N–H and O–H groups in total. The molecular weight excluding hydrogens is 515 g/mol. The molecule has 2 rings (SSSR count). The lowest BCUT2D eigenvalue weighted by molar-refractivity contribution is -0.134. The average Bonchev–Trinajstić information content (AvgIpc) is 2.84. The average molecular weight is 554 g/mol. The van der Waals surface area contributed by atoms with Crippen molar-refractivity contribution in [2.45, 2.75) is 96.8 Å². The Labute approximate surface area is 232 Å². The summed E-state index contributed by atoms with van der Waals surface area (Å²) in [5, 5.41) is 1.33. The second-order valence-electron chi connectivity index (χ2n) is 9.08. The van der Waals surface area contributed by atoms with Crippen molar-refractivity contribution >= 4 is 40.8 Å². The molecule has 0 saturated heterocycles. The van der Waals surface area contributed by atoms with Crippen LogP contribution in [0.5, 0.6) is 17.2 Å². The van der Waals surface area contributed by atoms with Crippen molar-refractivity contribution in [1.29, 1.82) is 0 Å². The normalized spacial score (nSPS) is 11.2. The van der Waals surface area contributed by atoms with E-state index in [1.807, 2.05) is 0 Å². The zero-order valence-electron chi connectivity index (χ0n) is 21.4. The largest absolute Gasteiger partial charge is 0.452 e. The van der Waals surface area contributed by atoms with Gasteiger partial charge in [0.1, 0.15) is 5.75 Å². The van der Waals surface area contributed by atoms with E-state index in [1.54, 1.807) is 36.4 Å².